The van der Waals surface area contributed by atoms with Gasteiger partial charge in [0.05, 0.1) is 18.0 Å². The number of nitriles is 1. The number of hydrogen-bond acceptors (Lipinski definition) is 4. The molecule has 2 atom stereocenters. The van der Waals surface area contributed by atoms with Crippen LogP contribution in [0.2, 0.25) is 0 Å². The Hall–Kier alpha value is -0.450. The molecule has 3 heterocycles. The van der Waals surface area contributed by atoms with E-state index in [9.17, 15) is 5.26 Å². The predicted octanol–water partition coefficient (Wildman–Crippen LogP) is 18.4. The molecule has 0 radical (unpaired) electrons. The summed E-state index contributed by atoms with van der Waals surface area (Å²) in [6.07, 6.45) is 34.9. The molecule has 0 aliphatic carbocycles. The quantitative estimate of drug-likeness (QED) is 0.0612. The third kappa shape index (κ3) is 16.8. The monoisotopic (exact) mass is 877 g/mol. The minimum Gasteiger partial charge on any atom is -0.192 e. The van der Waals surface area contributed by atoms with Gasteiger partial charge in [-0.25, -0.2) is 0 Å². The Bertz CT molecular complexity index is 1380. The molecule has 0 saturated heterocycles. The molecule has 0 saturated carbocycles. The topological polar surface area (TPSA) is 23.8 Å². The summed E-state index contributed by atoms with van der Waals surface area (Å²) in [6.45, 7) is 9.23. The zero-order valence-corrected chi connectivity index (χ0v) is 38.3. The molecule has 51 heavy (non-hydrogen) atoms. The van der Waals surface area contributed by atoms with E-state index in [1.165, 1.54) is 194 Å². The van der Waals surface area contributed by atoms with E-state index in [-0.39, 0.29) is 0 Å². The largest absolute Gasteiger partial charge is 0.192 e. The average molecular weight is 880 g/mol. The summed E-state index contributed by atoms with van der Waals surface area (Å²) < 4.78 is 2.54. The minimum absolute atomic E-state index is 0.750. The van der Waals surface area contributed by atoms with Crippen molar-refractivity contribution in [3.05, 3.63) is 42.5 Å². The van der Waals surface area contributed by atoms with Crippen molar-refractivity contribution in [1.29, 1.82) is 5.26 Å². The smallest absolute Gasteiger partial charge is 0.101 e. The van der Waals surface area contributed by atoms with Crippen LogP contribution in [0.4, 0.5) is 0 Å². The van der Waals surface area contributed by atoms with E-state index in [0.29, 0.717) is 0 Å². The first-order valence-corrected chi connectivity index (χ1v) is 25.1. The van der Waals surface area contributed by atoms with Gasteiger partial charge in [0.15, 0.2) is 0 Å². The van der Waals surface area contributed by atoms with Gasteiger partial charge in [-0.3, -0.25) is 0 Å². The maximum Gasteiger partial charge on any atom is 0.101 e. The van der Waals surface area contributed by atoms with Crippen molar-refractivity contribution in [2.75, 3.05) is 0 Å². The SMILES string of the molecule is CCCCCCCCC(CCCCCC)Cc1cc(-c2cc(C#N)c(-c3cc(CC(CCCCCC)CCCCCCCC)c(Br)s3)s2)sc1Br. The summed E-state index contributed by atoms with van der Waals surface area (Å²) in [6, 6.07) is 9.57. The standard InChI is InChI=1S/C45H69Br2NS3/c1-5-9-13-17-19-23-27-35(25-21-15-11-7-3)29-37-31-41(50-44(37)46)40-33-39(34-48)43(49-40)42-32-38(45(47)51-42)30-36(26-22-16-12-8-4)28-24-20-18-14-10-6-2/h31-33,35-36H,5-30H2,1-4H3. The van der Waals surface area contributed by atoms with Gasteiger partial charge in [-0.2, -0.15) is 5.26 Å². The predicted molar refractivity (Wildman–Crippen MR) is 239 cm³/mol. The molecule has 0 bridgehead atoms. The van der Waals surface area contributed by atoms with E-state index in [1.54, 1.807) is 0 Å². The van der Waals surface area contributed by atoms with Crippen molar-refractivity contribution < 1.29 is 0 Å². The van der Waals surface area contributed by atoms with Gasteiger partial charge in [0.1, 0.15) is 6.07 Å². The number of rotatable bonds is 30. The van der Waals surface area contributed by atoms with E-state index >= 15 is 0 Å². The normalized spacial score (nSPS) is 12.8. The first-order valence-electron chi connectivity index (χ1n) is 21.0. The van der Waals surface area contributed by atoms with Gasteiger partial charge >= 0.3 is 0 Å². The van der Waals surface area contributed by atoms with E-state index in [0.717, 1.165) is 28.7 Å². The summed E-state index contributed by atoms with van der Waals surface area (Å²) in [4.78, 5) is 4.92. The molecular formula is C45H69Br2NS3. The second-order valence-corrected chi connectivity index (χ2v) is 21.0. The van der Waals surface area contributed by atoms with Gasteiger partial charge in [0.2, 0.25) is 0 Å². The summed E-state index contributed by atoms with van der Waals surface area (Å²) in [5, 5.41) is 10.3. The first kappa shape index (κ1) is 44.9. The lowest BCUT2D eigenvalue weighted by atomic mass is 9.89. The van der Waals surface area contributed by atoms with Crippen molar-refractivity contribution in [3.8, 4) is 25.6 Å². The Balaban J connectivity index is 1.72. The molecular weight excluding hydrogens is 811 g/mol. The van der Waals surface area contributed by atoms with Crippen LogP contribution in [0.25, 0.3) is 19.5 Å². The Morgan fingerprint density at radius 3 is 1.27 bits per heavy atom. The molecule has 6 heteroatoms. The summed E-state index contributed by atoms with van der Waals surface area (Å²) in [5.74, 6) is 1.51. The molecule has 1 nitrogen and oxygen atoms in total. The Kier molecular flexibility index (Phi) is 24.0. The second kappa shape index (κ2) is 27.2. The third-order valence-electron chi connectivity index (χ3n) is 10.7. The molecule has 0 fully saturated rings. The van der Waals surface area contributed by atoms with Gasteiger partial charge in [0, 0.05) is 14.6 Å². The van der Waals surface area contributed by atoms with Crippen LogP contribution < -0.4 is 0 Å². The van der Waals surface area contributed by atoms with Crippen molar-refractivity contribution >= 4 is 65.9 Å². The van der Waals surface area contributed by atoms with E-state index in [2.05, 4.69) is 83.8 Å². The van der Waals surface area contributed by atoms with Crippen LogP contribution in [0.5, 0.6) is 0 Å². The first-order chi connectivity index (χ1) is 24.9. The molecule has 0 aliphatic heterocycles. The Labute approximate surface area is 343 Å². The van der Waals surface area contributed by atoms with E-state index in [4.69, 9.17) is 0 Å². The number of unbranched alkanes of at least 4 members (excludes halogenated alkanes) is 16. The van der Waals surface area contributed by atoms with Crippen LogP contribution in [-0.2, 0) is 12.8 Å². The fraction of sp³-hybridized carbons (Fsp3) is 0.711. The third-order valence-corrected chi connectivity index (χ3v) is 16.1. The molecule has 0 aromatic carbocycles. The highest BCUT2D eigenvalue weighted by Crippen LogP contribution is 2.47. The molecule has 3 rings (SSSR count). The Morgan fingerprint density at radius 2 is 0.843 bits per heavy atom. The van der Waals surface area contributed by atoms with Crippen LogP contribution in [0.15, 0.2) is 25.8 Å². The molecule has 2 unspecified atom stereocenters. The number of hydrogen-bond donors (Lipinski definition) is 0. The van der Waals surface area contributed by atoms with Crippen LogP contribution >= 0.6 is 65.9 Å². The number of halogens is 2. The number of nitrogens with zero attached hydrogens (tertiary/aromatic N) is 1. The van der Waals surface area contributed by atoms with Crippen molar-refractivity contribution in [3.63, 3.8) is 0 Å². The fourth-order valence-corrected chi connectivity index (χ4v) is 12.3. The zero-order chi connectivity index (χ0) is 36.7. The summed E-state index contributed by atoms with van der Waals surface area (Å²) in [5.41, 5.74) is 3.73. The lowest BCUT2D eigenvalue weighted by molar-refractivity contribution is 0.402. The highest BCUT2D eigenvalue weighted by Gasteiger charge is 2.21. The maximum atomic E-state index is 10.3. The highest BCUT2D eigenvalue weighted by molar-refractivity contribution is 9.11. The van der Waals surface area contributed by atoms with Crippen LogP contribution in [0.1, 0.15) is 198 Å². The zero-order valence-electron chi connectivity index (χ0n) is 32.7. The molecule has 0 N–H and O–H groups in total. The highest BCUT2D eigenvalue weighted by atomic mass is 79.9. The van der Waals surface area contributed by atoms with Crippen LogP contribution in [0, 0.1) is 23.2 Å². The van der Waals surface area contributed by atoms with Gasteiger partial charge < -0.3 is 0 Å². The van der Waals surface area contributed by atoms with Crippen molar-refractivity contribution in [1.82, 2.24) is 0 Å². The summed E-state index contributed by atoms with van der Waals surface area (Å²) in [7, 11) is 0. The number of thiophene rings is 3. The van der Waals surface area contributed by atoms with Crippen LogP contribution in [0.3, 0.4) is 0 Å². The van der Waals surface area contributed by atoms with Crippen molar-refractivity contribution in [2.24, 2.45) is 11.8 Å². The summed E-state index contributed by atoms with van der Waals surface area (Å²) >= 11 is 13.5. The van der Waals surface area contributed by atoms with Crippen LogP contribution in [-0.4, -0.2) is 0 Å². The van der Waals surface area contributed by atoms with E-state index in [1.807, 2.05) is 34.0 Å². The van der Waals surface area contributed by atoms with Gasteiger partial charge in [-0.15, -0.1) is 34.0 Å². The molecule has 0 spiro atoms. The second-order valence-electron chi connectivity index (χ2n) is 15.2. The lowest BCUT2D eigenvalue weighted by Gasteiger charge is -2.17. The van der Waals surface area contributed by atoms with E-state index < -0.39 is 0 Å². The average Bonchev–Trinajstić information content (AvgIpc) is 3.83. The molecule has 0 aliphatic rings. The lowest BCUT2D eigenvalue weighted by Crippen LogP contribution is -2.05. The maximum absolute atomic E-state index is 10.3. The van der Waals surface area contributed by atoms with Gasteiger partial charge in [0.25, 0.3) is 0 Å². The molecule has 0 amide bonds. The Morgan fingerprint density at radius 1 is 0.490 bits per heavy atom. The van der Waals surface area contributed by atoms with Crippen molar-refractivity contribution in [2.45, 2.75) is 195 Å². The molecule has 3 aromatic heterocycles. The molecule has 286 valence electrons. The fourth-order valence-electron chi connectivity index (χ4n) is 7.57. The van der Waals surface area contributed by atoms with Gasteiger partial charge in [-0.05, 0) is 85.9 Å². The minimum atomic E-state index is 0.750. The van der Waals surface area contributed by atoms with Gasteiger partial charge in [-0.1, -0.05) is 182 Å². The molecule has 3 aromatic rings.